The Morgan fingerprint density at radius 1 is 1.04 bits per heavy atom. The maximum absolute atomic E-state index is 13.1. The quantitative estimate of drug-likeness (QED) is 0.740. The van der Waals surface area contributed by atoms with Crippen LogP contribution in [0.2, 0.25) is 5.02 Å². The van der Waals surface area contributed by atoms with Gasteiger partial charge in [0.2, 0.25) is 10.0 Å². The number of carbonyl (C=O) groups excluding carboxylic acids is 1. The van der Waals surface area contributed by atoms with E-state index in [4.69, 9.17) is 11.6 Å². The molecule has 1 aromatic carbocycles. The molecule has 1 aliphatic heterocycles. The summed E-state index contributed by atoms with van der Waals surface area (Å²) in [6, 6.07) is 4.71. The number of carbonyl (C=O) groups is 1. The highest BCUT2D eigenvalue weighted by Gasteiger charge is 2.29. The minimum absolute atomic E-state index is 0.161. The third-order valence-electron chi connectivity index (χ3n) is 5.81. The predicted octanol–water partition coefficient (Wildman–Crippen LogP) is 4.31. The maximum Gasteiger partial charge on any atom is 0.255 e. The summed E-state index contributed by atoms with van der Waals surface area (Å²) < 4.78 is 27.7. The van der Waals surface area contributed by atoms with Crippen molar-refractivity contribution in [1.29, 1.82) is 0 Å². The van der Waals surface area contributed by atoms with Crippen molar-refractivity contribution in [3.63, 3.8) is 0 Å². The van der Waals surface area contributed by atoms with Gasteiger partial charge in [-0.3, -0.25) is 4.79 Å². The molecule has 150 valence electrons. The molecule has 0 aromatic heterocycles. The van der Waals surface area contributed by atoms with Gasteiger partial charge in [0.1, 0.15) is 0 Å². The first-order valence-electron chi connectivity index (χ1n) is 9.98. The molecule has 0 radical (unpaired) electrons. The van der Waals surface area contributed by atoms with Crippen LogP contribution in [-0.4, -0.2) is 49.7 Å². The molecule has 1 saturated carbocycles. The van der Waals surface area contributed by atoms with Crippen LogP contribution in [0.25, 0.3) is 0 Å². The summed E-state index contributed by atoms with van der Waals surface area (Å²) >= 11 is 6.28. The fourth-order valence-corrected chi connectivity index (χ4v) is 5.83. The Hall–Kier alpha value is -1.11. The number of halogens is 1. The molecule has 0 spiro atoms. The van der Waals surface area contributed by atoms with Crippen molar-refractivity contribution in [2.45, 2.75) is 68.7 Å². The second-order valence-electron chi connectivity index (χ2n) is 7.67. The van der Waals surface area contributed by atoms with Crippen molar-refractivity contribution in [3.8, 4) is 0 Å². The predicted molar refractivity (Wildman–Crippen MR) is 108 cm³/mol. The number of hydrogen-bond acceptors (Lipinski definition) is 3. The van der Waals surface area contributed by atoms with Gasteiger partial charge in [0.05, 0.1) is 15.5 Å². The Kier molecular flexibility index (Phi) is 6.82. The lowest BCUT2D eigenvalue weighted by atomic mass is 9.94. The van der Waals surface area contributed by atoms with Gasteiger partial charge in [-0.25, -0.2) is 8.42 Å². The van der Waals surface area contributed by atoms with E-state index in [0.717, 1.165) is 51.4 Å². The van der Waals surface area contributed by atoms with E-state index in [0.29, 0.717) is 18.1 Å². The summed E-state index contributed by atoms with van der Waals surface area (Å²) in [5, 5.41) is 0.303. The molecule has 0 unspecified atom stereocenters. The fraction of sp³-hybridized carbons (Fsp3) is 0.650. The highest BCUT2D eigenvalue weighted by molar-refractivity contribution is 7.89. The van der Waals surface area contributed by atoms with Crippen molar-refractivity contribution >= 4 is 27.5 Å². The molecule has 1 heterocycles. The van der Waals surface area contributed by atoms with E-state index >= 15 is 0 Å². The molecule has 1 amide bonds. The molecule has 1 aliphatic carbocycles. The van der Waals surface area contributed by atoms with Gasteiger partial charge < -0.3 is 4.90 Å². The van der Waals surface area contributed by atoms with Gasteiger partial charge >= 0.3 is 0 Å². The second-order valence-corrected chi connectivity index (χ2v) is 10.0. The van der Waals surface area contributed by atoms with Gasteiger partial charge in [-0.2, -0.15) is 4.31 Å². The monoisotopic (exact) mass is 412 g/mol. The first-order chi connectivity index (χ1) is 12.9. The van der Waals surface area contributed by atoms with Gasteiger partial charge in [0.15, 0.2) is 0 Å². The van der Waals surface area contributed by atoms with Crippen molar-refractivity contribution in [2.24, 2.45) is 0 Å². The molecule has 0 N–H and O–H groups in total. The van der Waals surface area contributed by atoms with Crippen LogP contribution < -0.4 is 0 Å². The van der Waals surface area contributed by atoms with Gasteiger partial charge in [-0.15, -0.1) is 0 Å². The zero-order valence-electron chi connectivity index (χ0n) is 16.0. The van der Waals surface area contributed by atoms with Gasteiger partial charge in [-0.05, 0) is 43.9 Å². The highest BCUT2D eigenvalue weighted by Crippen LogP contribution is 2.28. The molecule has 1 aromatic rings. The zero-order valence-corrected chi connectivity index (χ0v) is 17.6. The normalized spacial score (nSPS) is 20.2. The first kappa shape index (κ1) is 20.6. The number of hydrogen-bond donors (Lipinski definition) is 0. The Labute approximate surface area is 167 Å². The highest BCUT2D eigenvalue weighted by atomic mass is 35.5. The van der Waals surface area contributed by atoms with Crippen molar-refractivity contribution in [1.82, 2.24) is 9.21 Å². The van der Waals surface area contributed by atoms with E-state index in [-0.39, 0.29) is 22.4 Å². The fourth-order valence-electron chi connectivity index (χ4n) is 4.08. The van der Waals surface area contributed by atoms with Crippen LogP contribution in [0.3, 0.4) is 0 Å². The first-order valence-corrected chi connectivity index (χ1v) is 11.8. The molecule has 3 rings (SSSR count). The Balaban J connectivity index is 1.86. The summed E-state index contributed by atoms with van der Waals surface area (Å²) in [5.41, 5.74) is 0.278. The molecule has 7 heteroatoms. The number of nitrogens with zero attached hydrogens (tertiary/aromatic N) is 2. The number of sulfonamides is 1. The molecule has 0 bridgehead atoms. The summed E-state index contributed by atoms with van der Waals surface area (Å²) in [6.45, 7) is 1.08. The van der Waals surface area contributed by atoms with E-state index in [9.17, 15) is 13.2 Å². The molecular weight excluding hydrogens is 384 g/mol. The Morgan fingerprint density at radius 3 is 2.26 bits per heavy atom. The van der Waals surface area contributed by atoms with Gasteiger partial charge in [0.25, 0.3) is 5.91 Å². The molecule has 1 saturated heterocycles. The van der Waals surface area contributed by atoms with Crippen LogP contribution in [0.5, 0.6) is 0 Å². The maximum atomic E-state index is 13.1. The molecule has 0 atom stereocenters. The largest absolute Gasteiger partial charge is 0.339 e. The molecule has 27 heavy (non-hydrogen) atoms. The van der Waals surface area contributed by atoms with Crippen LogP contribution in [0, 0.1) is 0 Å². The van der Waals surface area contributed by atoms with Crippen LogP contribution in [0.1, 0.15) is 68.1 Å². The molecular formula is C20H29ClN2O3S. The Bertz CT molecular complexity index is 767. The van der Waals surface area contributed by atoms with Crippen molar-refractivity contribution in [2.75, 3.05) is 20.1 Å². The Morgan fingerprint density at radius 2 is 1.63 bits per heavy atom. The SMILES string of the molecule is CN(C(=O)c1cc(S(=O)(=O)N2CCCCCC2)ccc1Cl)C1CCCCC1. The standard InChI is InChI=1S/C20H29ClN2O3S/c1-22(16-9-5-4-6-10-16)20(24)18-15-17(11-12-19(18)21)27(25,26)23-13-7-2-3-8-14-23/h11-12,15-16H,2-10,13-14H2,1H3. The second kappa shape index (κ2) is 8.93. The number of benzene rings is 1. The average molecular weight is 413 g/mol. The summed E-state index contributed by atoms with van der Waals surface area (Å²) in [6.07, 6.45) is 9.32. The summed E-state index contributed by atoms with van der Waals surface area (Å²) in [4.78, 5) is 14.9. The number of rotatable bonds is 4. The number of amides is 1. The van der Waals surface area contributed by atoms with E-state index < -0.39 is 10.0 Å². The third-order valence-corrected chi connectivity index (χ3v) is 8.04. The lowest BCUT2D eigenvalue weighted by Crippen LogP contribution is -2.38. The summed E-state index contributed by atoms with van der Waals surface area (Å²) in [5.74, 6) is -0.195. The van der Waals surface area contributed by atoms with E-state index in [1.54, 1.807) is 16.3 Å². The lowest BCUT2D eigenvalue weighted by Gasteiger charge is -2.31. The molecule has 2 fully saturated rings. The van der Waals surface area contributed by atoms with E-state index in [2.05, 4.69) is 0 Å². The van der Waals surface area contributed by atoms with Gasteiger partial charge in [-0.1, -0.05) is 43.7 Å². The van der Waals surface area contributed by atoms with Gasteiger partial charge in [0, 0.05) is 26.2 Å². The minimum atomic E-state index is -3.60. The van der Waals surface area contributed by atoms with Crippen LogP contribution in [0.15, 0.2) is 23.1 Å². The molecule has 5 nitrogen and oxygen atoms in total. The van der Waals surface area contributed by atoms with E-state index in [1.807, 2.05) is 0 Å². The third kappa shape index (κ3) is 4.66. The average Bonchev–Trinajstić information content (AvgIpc) is 2.98. The van der Waals surface area contributed by atoms with Crippen molar-refractivity contribution < 1.29 is 13.2 Å². The minimum Gasteiger partial charge on any atom is -0.339 e. The van der Waals surface area contributed by atoms with Crippen molar-refractivity contribution in [3.05, 3.63) is 28.8 Å². The topological polar surface area (TPSA) is 57.7 Å². The molecule has 2 aliphatic rings. The summed E-state index contributed by atoms with van der Waals surface area (Å²) in [7, 11) is -1.81. The van der Waals surface area contributed by atoms with Crippen LogP contribution in [0.4, 0.5) is 0 Å². The van der Waals surface area contributed by atoms with E-state index in [1.165, 1.54) is 24.6 Å². The zero-order chi connectivity index (χ0) is 19.4. The smallest absolute Gasteiger partial charge is 0.255 e. The van der Waals surface area contributed by atoms with Crippen LogP contribution >= 0.6 is 11.6 Å². The lowest BCUT2D eigenvalue weighted by molar-refractivity contribution is 0.0696. The van der Waals surface area contributed by atoms with Crippen LogP contribution in [-0.2, 0) is 10.0 Å².